The van der Waals surface area contributed by atoms with Gasteiger partial charge in [-0.2, -0.15) is 12.6 Å². The van der Waals surface area contributed by atoms with Gasteiger partial charge in [0.2, 0.25) is 0 Å². The van der Waals surface area contributed by atoms with Gasteiger partial charge in [-0.3, -0.25) is 9.69 Å². The maximum atomic E-state index is 10.5. The summed E-state index contributed by atoms with van der Waals surface area (Å²) in [6.07, 6.45) is -0.618. The molecular formula is C6H13NO2S. The zero-order valence-electron chi connectivity index (χ0n) is 6.24. The Bertz CT molecular complexity index is 118. The summed E-state index contributed by atoms with van der Waals surface area (Å²) < 4.78 is 0. The third-order valence-corrected chi connectivity index (χ3v) is 1.47. The van der Waals surface area contributed by atoms with E-state index in [2.05, 4.69) is 12.6 Å². The fraction of sp³-hybridized carbons (Fsp3) is 0.833. The van der Waals surface area contributed by atoms with Crippen molar-refractivity contribution in [1.82, 2.24) is 4.90 Å². The molecule has 1 unspecified atom stereocenters. The second-order valence-electron chi connectivity index (χ2n) is 2.28. The van der Waals surface area contributed by atoms with Gasteiger partial charge in [0.25, 0.3) is 0 Å². The molecule has 0 saturated heterocycles. The predicted molar refractivity (Wildman–Crippen MR) is 43.2 cm³/mol. The third-order valence-electron chi connectivity index (χ3n) is 1.14. The zero-order valence-corrected chi connectivity index (χ0v) is 7.14. The first-order chi connectivity index (χ1) is 4.57. The molecule has 0 rings (SSSR count). The monoisotopic (exact) mass is 163 g/mol. The lowest BCUT2D eigenvalue weighted by atomic mass is 10.4. The normalized spacial score (nSPS) is 13.7. The summed E-state index contributed by atoms with van der Waals surface area (Å²) in [6.45, 7) is 1.77. The lowest BCUT2D eigenvalue weighted by Crippen LogP contribution is -2.36. The minimum Gasteiger partial charge on any atom is -0.378 e. The number of carbonyl (C=O) groups excluding carboxylic acids is 1. The van der Waals surface area contributed by atoms with E-state index in [1.54, 1.807) is 11.9 Å². The average molecular weight is 163 g/mol. The zero-order chi connectivity index (χ0) is 8.15. The maximum absolute atomic E-state index is 10.5. The van der Waals surface area contributed by atoms with Crippen LogP contribution in [0.15, 0.2) is 0 Å². The molecular weight excluding hydrogens is 150 g/mol. The van der Waals surface area contributed by atoms with Gasteiger partial charge in [0.05, 0.1) is 6.54 Å². The van der Waals surface area contributed by atoms with E-state index in [-0.39, 0.29) is 12.3 Å². The fourth-order valence-electron chi connectivity index (χ4n) is 0.596. The summed E-state index contributed by atoms with van der Waals surface area (Å²) in [5, 5.41) is 9.07. The lowest BCUT2D eigenvalue weighted by molar-refractivity contribution is -0.119. The minimum atomic E-state index is -0.618. The van der Waals surface area contributed by atoms with Gasteiger partial charge >= 0.3 is 0 Å². The number of Topliss-reactive ketones (excluding diaryl/α,β-unsaturated/α-hetero) is 1. The highest BCUT2D eigenvalue weighted by molar-refractivity contribution is 7.80. The highest BCUT2D eigenvalue weighted by atomic mass is 32.1. The first-order valence-corrected chi connectivity index (χ1v) is 3.69. The van der Waals surface area contributed by atoms with E-state index in [1.165, 1.54) is 6.92 Å². The third kappa shape index (κ3) is 3.87. The van der Waals surface area contributed by atoms with Gasteiger partial charge in [0.1, 0.15) is 12.0 Å². The Morgan fingerprint density at radius 1 is 1.80 bits per heavy atom. The second-order valence-corrected chi connectivity index (χ2v) is 2.65. The number of nitrogens with zero attached hydrogens (tertiary/aromatic N) is 1. The molecule has 0 aliphatic heterocycles. The van der Waals surface area contributed by atoms with Crippen LogP contribution in [0.2, 0.25) is 0 Å². The minimum absolute atomic E-state index is 0.0448. The van der Waals surface area contributed by atoms with Crippen LogP contribution in [0.4, 0.5) is 0 Å². The van der Waals surface area contributed by atoms with Crippen molar-refractivity contribution >= 4 is 18.4 Å². The van der Waals surface area contributed by atoms with Crippen molar-refractivity contribution < 1.29 is 9.90 Å². The van der Waals surface area contributed by atoms with E-state index in [0.29, 0.717) is 5.75 Å². The number of rotatable bonds is 4. The van der Waals surface area contributed by atoms with E-state index >= 15 is 0 Å². The van der Waals surface area contributed by atoms with Crippen molar-refractivity contribution in [3.05, 3.63) is 0 Å². The molecule has 0 aliphatic rings. The molecule has 3 nitrogen and oxygen atoms in total. The summed E-state index contributed by atoms with van der Waals surface area (Å²) in [6, 6.07) is 0. The number of hydrogen-bond acceptors (Lipinski definition) is 4. The molecule has 0 saturated carbocycles. The molecule has 0 radical (unpaired) electrons. The van der Waals surface area contributed by atoms with E-state index in [9.17, 15) is 4.79 Å². The maximum Gasteiger partial charge on any atom is 0.143 e. The van der Waals surface area contributed by atoms with Gasteiger partial charge in [-0.05, 0) is 14.0 Å². The Hall–Kier alpha value is -0.0600. The molecule has 0 aromatic rings. The molecule has 0 aromatic carbocycles. The summed E-state index contributed by atoms with van der Waals surface area (Å²) >= 11 is 3.87. The van der Waals surface area contributed by atoms with Gasteiger partial charge in [-0.15, -0.1) is 0 Å². The number of aliphatic hydroxyl groups excluding tert-OH is 1. The molecule has 0 fully saturated rings. The fourth-order valence-corrected chi connectivity index (χ4v) is 0.875. The van der Waals surface area contributed by atoms with Crippen LogP contribution in [-0.4, -0.2) is 41.4 Å². The number of thiol groups is 1. The second kappa shape index (κ2) is 4.71. The summed E-state index contributed by atoms with van der Waals surface area (Å²) in [7, 11) is 1.68. The van der Waals surface area contributed by atoms with Crippen molar-refractivity contribution in [2.45, 2.75) is 13.2 Å². The molecule has 60 valence electrons. The standard InChI is InChI=1S/C6H13NO2S/c1-5(8)3-7(2)6(9)4-10/h6,9-10H,3-4H2,1-2H3. The summed E-state index contributed by atoms with van der Waals surface area (Å²) in [5.41, 5.74) is 0. The Labute approximate surface area is 66.4 Å². The first kappa shape index (κ1) is 9.94. The lowest BCUT2D eigenvalue weighted by Gasteiger charge is -2.19. The van der Waals surface area contributed by atoms with E-state index in [0.717, 1.165) is 0 Å². The Morgan fingerprint density at radius 2 is 2.30 bits per heavy atom. The van der Waals surface area contributed by atoms with Crippen LogP contribution in [0.1, 0.15) is 6.92 Å². The molecule has 0 aromatic heterocycles. The van der Waals surface area contributed by atoms with E-state index < -0.39 is 6.23 Å². The van der Waals surface area contributed by atoms with Crippen molar-refractivity contribution in [2.75, 3.05) is 19.3 Å². The van der Waals surface area contributed by atoms with Crippen LogP contribution in [0.3, 0.4) is 0 Å². The summed E-state index contributed by atoms with van der Waals surface area (Å²) in [5.74, 6) is 0.396. The van der Waals surface area contributed by atoms with Crippen molar-refractivity contribution in [3.8, 4) is 0 Å². The Morgan fingerprint density at radius 3 is 2.60 bits per heavy atom. The SMILES string of the molecule is CC(=O)CN(C)C(O)CS. The quantitative estimate of drug-likeness (QED) is 0.444. The Kier molecular flexibility index (Phi) is 4.68. The molecule has 1 atom stereocenters. The van der Waals surface area contributed by atoms with Crippen LogP contribution in [0, 0.1) is 0 Å². The largest absolute Gasteiger partial charge is 0.378 e. The van der Waals surface area contributed by atoms with Gasteiger partial charge < -0.3 is 5.11 Å². The smallest absolute Gasteiger partial charge is 0.143 e. The summed E-state index contributed by atoms with van der Waals surface area (Å²) in [4.78, 5) is 12.0. The van der Waals surface area contributed by atoms with Crippen molar-refractivity contribution in [1.29, 1.82) is 0 Å². The molecule has 1 N–H and O–H groups in total. The predicted octanol–water partition coefficient (Wildman–Crippen LogP) is -0.245. The molecule has 0 aliphatic carbocycles. The topological polar surface area (TPSA) is 40.5 Å². The average Bonchev–Trinajstić information content (AvgIpc) is 1.85. The molecule has 0 heterocycles. The van der Waals surface area contributed by atoms with Gasteiger partial charge in [-0.1, -0.05) is 0 Å². The molecule has 0 amide bonds. The van der Waals surface area contributed by atoms with Crippen molar-refractivity contribution in [2.24, 2.45) is 0 Å². The number of aliphatic hydroxyl groups is 1. The highest BCUT2D eigenvalue weighted by Gasteiger charge is 2.09. The van der Waals surface area contributed by atoms with Crippen LogP contribution in [-0.2, 0) is 4.79 Å². The van der Waals surface area contributed by atoms with Crippen molar-refractivity contribution in [3.63, 3.8) is 0 Å². The first-order valence-electron chi connectivity index (χ1n) is 3.06. The van der Waals surface area contributed by atoms with E-state index in [1.807, 2.05) is 0 Å². The van der Waals surface area contributed by atoms with Gasteiger partial charge in [-0.25, -0.2) is 0 Å². The van der Waals surface area contributed by atoms with Gasteiger partial charge in [0.15, 0.2) is 0 Å². The van der Waals surface area contributed by atoms with Crippen LogP contribution in [0.25, 0.3) is 0 Å². The number of likely N-dealkylation sites (N-methyl/N-ethyl adjacent to an activating group) is 1. The van der Waals surface area contributed by atoms with Crippen LogP contribution in [0.5, 0.6) is 0 Å². The molecule has 0 spiro atoms. The van der Waals surface area contributed by atoms with Crippen LogP contribution >= 0.6 is 12.6 Å². The molecule has 10 heavy (non-hydrogen) atoms. The molecule has 4 heteroatoms. The number of hydrogen-bond donors (Lipinski definition) is 2. The van der Waals surface area contributed by atoms with Gasteiger partial charge in [0, 0.05) is 5.75 Å². The van der Waals surface area contributed by atoms with E-state index in [4.69, 9.17) is 5.11 Å². The molecule has 0 bridgehead atoms. The highest BCUT2D eigenvalue weighted by Crippen LogP contribution is 1.93. The number of ketones is 1. The van der Waals surface area contributed by atoms with Crippen LogP contribution < -0.4 is 0 Å². The Balaban J connectivity index is 3.61. The number of carbonyl (C=O) groups is 1.